The smallest absolute Gasteiger partial charge is 0.266 e. The number of benzene rings is 2. The fourth-order valence-corrected chi connectivity index (χ4v) is 3.84. The monoisotopic (exact) mass is 409 g/mol. The Morgan fingerprint density at radius 1 is 1.14 bits per heavy atom. The molecule has 0 atom stereocenters. The molecule has 0 fully saturated rings. The van der Waals surface area contributed by atoms with Gasteiger partial charge in [-0.15, -0.1) is 0 Å². The van der Waals surface area contributed by atoms with E-state index in [9.17, 15) is 9.59 Å². The van der Waals surface area contributed by atoms with Gasteiger partial charge in [-0.3, -0.25) is 14.2 Å². The largest absolute Gasteiger partial charge is 0.351 e. The average Bonchev–Trinajstić information content (AvgIpc) is 2.69. The summed E-state index contributed by atoms with van der Waals surface area (Å²) < 4.78 is 1.63. The predicted molar refractivity (Wildman–Crippen MR) is 120 cm³/mol. The molecule has 0 aliphatic carbocycles. The molecular weight excluding hydrogens is 382 g/mol. The maximum Gasteiger partial charge on any atom is 0.266 e. The Hall–Kier alpha value is -2.60. The zero-order valence-electron chi connectivity index (χ0n) is 17.6. The highest BCUT2D eigenvalue weighted by atomic mass is 32.2. The molecule has 1 N–H and O–H groups in total. The van der Waals surface area contributed by atoms with E-state index in [1.165, 1.54) is 11.8 Å². The van der Waals surface area contributed by atoms with Gasteiger partial charge in [-0.2, -0.15) is 0 Å². The number of rotatable bonds is 6. The van der Waals surface area contributed by atoms with Crippen molar-refractivity contribution in [3.05, 3.63) is 63.9 Å². The van der Waals surface area contributed by atoms with E-state index in [4.69, 9.17) is 4.98 Å². The van der Waals surface area contributed by atoms with E-state index in [1.54, 1.807) is 10.6 Å². The molecule has 0 aliphatic heterocycles. The molecule has 0 saturated carbocycles. The van der Waals surface area contributed by atoms with Crippen molar-refractivity contribution < 1.29 is 4.79 Å². The minimum Gasteiger partial charge on any atom is -0.351 e. The van der Waals surface area contributed by atoms with Crippen molar-refractivity contribution in [1.82, 2.24) is 14.9 Å². The molecule has 29 heavy (non-hydrogen) atoms. The van der Waals surface area contributed by atoms with Crippen molar-refractivity contribution in [2.75, 3.05) is 5.75 Å². The predicted octanol–water partition coefficient (Wildman–Crippen LogP) is 4.40. The number of thioether (sulfide) groups is 1. The van der Waals surface area contributed by atoms with Crippen LogP contribution in [0.1, 0.15) is 38.3 Å². The lowest BCUT2D eigenvalue weighted by Crippen LogP contribution is -2.43. The Bertz CT molecular complexity index is 1120. The minimum absolute atomic E-state index is 0.0724. The van der Waals surface area contributed by atoms with Gasteiger partial charge in [0.15, 0.2) is 5.16 Å². The van der Waals surface area contributed by atoms with Crippen LogP contribution < -0.4 is 10.9 Å². The lowest BCUT2D eigenvalue weighted by Gasteiger charge is -2.24. The Labute approximate surface area is 175 Å². The highest BCUT2D eigenvalue weighted by molar-refractivity contribution is 7.99. The Morgan fingerprint density at radius 2 is 1.86 bits per heavy atom. The second-order valence-corrected chi connectivity index (χ2v) is 8.79. The lowest BCUT2D eigenvalue weighted by molar-refractivity contribution is -0.120. The maximum absolute atomic E-state index is 13.3. The summed E-state index contributed by atoms with van der Waals surface area (Å²) in [5.41, 5.74) is 3.16. The summed E-state index contributed by atoms with van der Waals surface area (Å²) in [4.78, 5) is 30.5. The van der Waals surface area contributed by atoms with Crippen LogP contribution in [0.4, 0.5) is 0 Å². The fraction of sp³-hybridized carbons (Fsp3) is 0.348. The molecule has 3 rings (SSSR count). The second kappa shape index (κ2) is 8.41. The van der Waals surface area contributed by atoms with Crippen LogP contribution in [0, 0.1) is 13.8 Å². The number of amides is 1. The second-order valence-electron chi connectivity index (χ2n) is 7.85. The molecule has 0 radical (unpaired) electrons. The van der Waals surface area contributed by atoms with Gasteiger partial charge in [-0.25, -0.2) is 4.98 Å². The van der Waals surface area contributed by atoms with Gasteiger partial charge in [0.25, 0.3) is 5.56 Å². The standard InChI is InChI=1S/C23H27N3O2S/c1-6-23(4,5)25-20(27)14-29-22-24-18-12-8-7-11-17(18)21(28)26(22)19-13-9-10-15(2)16(19)3/h7-13H,6,14H2,1-5H3,(H,25,27). The molecule has 1 aromatic heterocycles. The third kappa shape index (κ3) is 4.53. The first-order valence-corrected chi connectivity index (χ1v) is 10.7. The van der Waals surface area contributed by atoms with E-state index in [0.29, 0.717) is 16.1 Å². The maximum atomic E-state index is 13.3. The van der Waals surface area contributed by atoms with E-state index in [2.05, 4.69) is 5.32 Å². The summed E-state index contributed by atoms with van der Waals surface area (Å²) in [6.45, 7) is 10.0. The normalized spacial score (nSPS) is 11.6. The first kappa shape index (κ1) is 21.1. The number of nitrogens with one attached hydrogen (secondary N) is 1. The minimum atomic E-state index is -0.263. The van der Waals surface area contributed by atoms with Gasteiger partial charge in [0.1, 0.15) is 0 Å². The van der Waals surface area contributed by atoms with Crippen molar-refractivity contribution in [3.8, 4) is 5.69 Å². The van der Waals surface area contributed by atoms with Crippen molar-refractivity contribution >= 4 is 28.6 Å². The van der Waals surface area contributed by atoms with Gasteiger partial charge >= 0.3 is 0 Å². The summed E-state index contributed by atoms with van der Waals surface area (Å²) in [7, 11) is 0. The zero-order valence-corrected chi connectivity index (χ0v) is 18.4. The Kier molecular flexibility index (Phi) is 6.13. The van der Waals surface area contributed by atoms with Crippen LogP contribution in [0.25, 0.3) is 16.6 Å². The summed E-state index contributed by atoms with van der Waals surface area (Å²) >= 11 is 1.28. The van der Waals surface area contributed by atoms with Gasteiger partial charge in [0.05, 0.1) is 22.3 Å². The third-order valence-corrected chi connectivity index (χ3v) is 6.19. The van der Waals surface area contributed by atoms with Crippen molar-refractivity contribution in [2.24, 2.45) is 0 Å². The molecule has 0 bridgehead atoms. The van der Waals surface area contributed by atoms with E-state index in [0.717, 1.165) is 23.2 Å². The molecule has 1 amide bonds. The SMILES string of the molecule is CCC(C)(C)NC(=O)CSc1nc2ccccc2c(=O)n1-c1cccc(C)c1C. The van der Waals surface area contributed by atoms with Crippen molar-refractivity contribution in [1.29, 1.82) is 0 Å². The van der Waals surface area contributed by atoms with Gasteiger partial charge in [0, 0.05) is 5.54 Å². The van der Waals surface area contributed by atoms with Gasteiger partial charge in [-0.1, -0.05) is 43.0 Å². The summed E-state index contributed by atoms with van der Waals surface area (Å²) in [6, 6.07) is 13.2. The first-order valence-electron chi connectivity index (χ1n) is 9.75. The molecule has 152 valence electrons. The number of carbonyl (C=O) groups is 1. The van der Waals surface area contributed by atoms with Crippen molar-refractivity contribution in [3.63, 3.8) is 0 Å². The van der Waals surface area contributed by atoms with E-state index in [1.807, 2.05) is 71.0 Å². The van der Waals surface area contributed by atoms with Crippen molar-refractivity contribution in [2.45, 2.75) is 51.7 Å². The third-order valence-electron chi connectivity index (χ3n) is 5.26. The molecule has 0 unspecified atom stereocenters. The van der Waals surface area contributed by atoms with Gasteiger partial charge < -0.3 is 5.32 Å². The van der Waals surface area contributed by atoms with Crippen LogP contribution in [0.3, 0.4) is 0 Å². The van der Waals surface area contributed by atoms with Crippen LogP contribution in [0.2, 0.25) is 0 Å². The summed E-state index contributed by atoms with van der Waals surface area (Å²) in [5.74, 6) is 0.121. The molecule has 0 aliphatic rings. The summed E-state index contributed by atoms with van der Waals surface area (Å²) in [6.07, 6.45) is 0.838. The highest BCUT2D eigenvalue weighted by Crippen LogP contribution is 2.24. The quantitative estimate of drug-likeness (QED) is 0.484. The lowest BCUT2D eigenvalue weighted by atomic mass is 10.0. The van der Waals surface area contributed by atoms with Crippen LogP contribution >= 0.6 is 11.8 Å². The number of aromatic nitrogens is 2. The zero-order chi connectivity index (χ0) is 21.2. The van der Waals surface area contributed by atoms with Gasteiger partial charge in [0.2, 0.25) is 5.91 Å². The Balaban J connectivity index is 2.07. The Morgan fingerprint density at radius 3 is 2.59 bits per heavy atom. The van der Waals surface area contributed by atoms with E-state index >= 15 is 0 Å². The molecule has 0 spiro atoms. The van der Waals surface area contributed by atoms with Crippen LogP contribution in [0.5, 0.6) is 0 Å². The molecule has 3 aromatic rings. The number of hydrogen-bond acceptors (Lipinski definition) is 4. The summed E-state index contributed by atoms with van der Waals surface area (Å²) in [5, 5.41) is 4.12. The van der Waals surface area contributed by atoms with E-state index in [-0.39, 0.29) is 22.8 Å². The number of nitrogens with zero attached hydrogens (tertiary/aromatic N) is 2. The number of hydrogen-bond donors (Lipinski definition) is 1. The number of para-hydroxylation sites is 1. The average molecular weight is 410 g/mol. The molecule has 1 heterocycles. The fourth-order valence-electron chi connectivity index (χ4n) is 3.03. The molecule has 0 saturated heterocycles. The van der Waals surface area contributed by atoms with Crippen LogP contribution in [-0.4, -0.2) is 26.8 Å². The van der Waals surface area contributed by atoms with Crippen LogP contribution in [0.15, 0.2) is 52.4 Å². The van der Waals surface area contributed by atoms with Crippen LogP contribution in [-0.2, 0) is 4.79 Å². The topological polar surface area (TPSA) is 64.0 Å². The number of aryl methyl sites for hydroxylation is 1. The molecule has 5 nitrogen and oxygen atoms in total. The van der Waals surface area contributed by atoms with Gasteiger partial charge in [-0.05, 0) is 63.4 Å². The molecular formula is C23H27N3O2S. The molecule has 2 aromatic carbocycles. The van der Waals surface area contributed by atoms with E-state index < -0.39 is 0 Å². The first-order chi connectivity index (χ1) is 13.7. The highest BCUT2D eigenvalue weighted by Gasteiger charge is 2.20. The molecule has 6 heteroatoms. The number of fused-ring (bicyclic) bond motifs is 1. The number of carbonyl (C=O) groups excluding carboxylic acids is 1.